The highest BCUT2D eigenvalue weighted by atomic mass is 16.4. The molecule has 16 heavy (non-hydrogen) atoms. The van der Waals surface area contributed by atoms with Gasteiger partial charge in [0.05, 0.1) is 0 Å². The van der Waals surface area contributed by atoms with Gasteiger partial charge in [0.15, 0.2) is 17.8 Å². The van der Waals surface area contributed by atoms with Crippen molar-refractivity contribution >= 4 is 5.97 Å². The predicted octanol–water partition coefficient (Wildman–Crippen LogP) is 2.66. The molecule has 0 unspecified atom stereocenters. The molecule has 0 amide bonds. The Labute approximate surface area is 92.6 Å². The number of hydrogen-bond donors (Lipinski definition) is 1. The zero-order chi connectivity index (χ0) is 11.7. The lowest BCUT2D eigenvalue weighted by Gasteiger charge is -2.02. The van der Waals surface area contributed by atoms with Crippen LogP contribution >= 0.6 is 0 Å². The average Bonchev–Trinajstić information content (AvgIpc) is 2.63. The Morgan fingerprint density at radius 2 is 1.88 bits per heavy atom. The van der Waals surface area contributed by atoms with Crippen LogP contribution in [0.15, 0.2) is 29.0 Å². The van der Waals surface area contributed by atoms with Gasteiger partial charge in [-0.15, -0.1) is 0 Å². The van der Waals surface area contributed by atoms with Crippen molar-refractivity contribution in [1.29, 1.82) is 0 Å². The molecule has 0 saturated carbocycles. The first-order valence-electron chi connectivity index (χ1n) is 4.83. The van der Waals surface area contributed by atoms with Gasteiger partial charge in [-0.3, -0.25) is 0 Å². The number of aromatic carboxylic acids is 1. The van der Waals surface area contributed by atoms with E-state index in [1.54, 1.807) is 0 Å². The summed E-state index contributed by atoms with van der Waals surface area (Å²) in [5.41, 5.74) is 2.81. The Balaban J connectivity index is 2.58. The van der Waals surface area contributed by atoms with E-state index in [0.29, 0.717) is 5.76 Å². The topological polar surface area (TPSA) is 63.3 Å². The van der Waals surface area contributed by atoms with Gasteiger partial charge in [-0.2, -0.15) is 0 Å². The fourth-order valence-electron chi connectivity index (χ4n) is 1.71. The van der Waals surface area contributed by atoms with Crippen molar-refractivity contribution in [2.75, 3.05) is 0 Å². The molecule has 1 heterocycles. The van der Waals surface area contributed by atoms with E-state index in [0.717, 1.165) is 23.1 Å². The molecule has 1 N–H and O–H groups in total. The maximum Gasteiger partial charge on any atom is 0.358 e. The lowest BCUT2D eigenvalue weighted by Crippen LogP contribution is -1.98. The van der Waals surface area contributed by atoms with Gasteiger partial charge < -0.3 is 9.52 Å². The molecule has 0 atom stereocenters. The molecule has 1 aromatic carbocycles. The minimum absolute atomic E-state index is 0.0509. The maximum atomic E-state index is 10.9. The van der Waals surface area contributed by atoms with Crippen molar-refractivity contribution in [3.05, 3.63) is 41.4 Å². The number of carbonyl (C=O) groups is 1. The van der Waals surface area contributed by atoms with Gasteiger partial charge in [-0.05, 0) is 26.0 Å². The minimum atomic E-state index is -1.08. The van der Waals surface area contributed by atoms with E-state index in [1.165, 1.54) is 0 Å². The first-order chi connectivity index (χ1) is 7.58. The second kappa shape index (κ2) is 3.81. The average molecular weight is 217 g/mol. The van der Waals surface area contributed by atoms with Gasteiger partial charge in [0.25, 0.3) is 0 Å². The molecule has 0 fully saturated rings. The first-order valence-corrected chi connectivity index (χ1v) is 4.83. The molecule has 1 aromatic heterocycles. The van der Waals surface area contributed by atoms with Crippen LogP contribution in [0.3, 0.4) is 0 Å². The van der Waals surface area contributed by atoms with Crippen LogP contribution in [0.1, 0.15) is 21.6 Å². The number of aryl methyl sites for hydroxylation is 2. The van der Waals surface area contributed by atoms with Crippen LogP contribution in [0.25, 0.3) is 11.3 Å². The van der Waals surface area contributed by atoms with Crippen molar-refractivity contribution in [3.63, 3.8) is 0 Å². The van der Waals surface area contributed by atoms with Crippen molar-refractivity contribution < 1.29 is 14.3 Å². The lowest BCUT2D eigenvalue weighted by molar-refractivity contribution is 0.0691. The van der Waals surface area contributed by atoms with E-state index in [4.69, 9.17) is 9.52 Å². The Morgan fingerprint density at radius 3 is 2.44 bits per heavy atom. The summed E-state index contributed by atoms with van der Waals surface area (Å²) in [4.78, 5) is 14.6. The number of nitrogens with zero attached hydrogens (tertiary/aromatic N) is 1. The summed E-state index contributed by atoms with van der Waals surface area (Å²) < 4.78 is 5.13. The highest BCUT2D eigenvalue weighted by Crippen LogP contribution is 2.25. The van der Waals surface area contributed by atoms with Gasteiger partial charge in [0, 0.05) is 5.56 Å². The Hall–Kier alpha value is -2.10. The number of hydrogen-bond acceptors (Lipinski definition) is 3. The summed E-state index contributed by atoms with van der Waals surface area (Å²) in [5, 5.41) is 8.93. The quantitative estimate of drug-likeness (QED) is 0.839. The van der Waals surface area contributed by atoms with E-state index < -0.39 is 5.97 Å². The van der Waals surface area contributed by atoms with Crippen LogP contribution in [-0.2, 0) is 0 Å². The molecular formula is C12H11NO3. The van der Waals surface area contributed by atoms with Gasteiger partial charge in [-0.25, -0.2) is 9.78 Å². The predicted molar refractivity (Wildman–Crippen MR) is 58.4 cm³/mol. The number of rotatable bonds is 2. The summed E-state index contributed by atoms with van der Waals surface area (Å²) in [7, 11) is 0. The molecule has 82 valence electrons. The summed E-state index contributed by atoms with van der Waals surface area (Å²) in [5.74, 6) is -0.776. The smallest absolute Gasteiger partial charge is 0.358 e. The van der Waals surface area contributed by atoms with Gasteiger partial charge in [0.2, 0.25) is 0 Å². The molecule has 4 heteroatoms. The van der Waals surface area contributed by atoms with Crippen LogP contribution < -0.4 is 0 Å². The summed E-state index contributed by atoms with van der Waals surface area (Å²) in [6.07, 6.45) is 1.15. The van der Waals surface area contributed by atoms with Gasteiger partial charge in [0.1, 0.15) is 0 Å². The summed E-state index contributed by atoms with van der Waals surface area (Å²) in [6, 6.07) is 5.76. The zero-order valence-corrected chi connectivity index (χ0v) is 9.02. The minimum Gasteiger partial charge on any atom is -0.476 e. The van der Waals surface area contributed by atoms with Crippen molar-refractivity contribution in [3.8, 4) is 11.3 Å². The van der Waals surface area contributed by atoms with E-state index in [-0.39, 0.29) is 5.69 Å². The molecule has 0 aliphatic rings. The molecular weight excluding hydrogens is 206 g/mol. The van der Waals surface area contributed by atoms with Crippen molar-refractivity contribution in [2.45, 2.75) is 13.8 Å². The van der Waals surface area contributed by atoms with E-state index in [1.807, 2.05) is 32.0 Å². The number of oxazole rings is 1. The second-order valence-corrected chi connectivity index (χ2v) is 3.71. The van der Waals surface area contributed by atoms with E-state index in [2.05, 4.69) is 4.98 Å². The van der Waals surface area contributed by atoms with Crippen LogP contribution in [0.2, 0.25) is 0 Å². The molecule has 0 bridgehead atoms. The molecule has 0 aliphatic heterocycles. The lowest BCUT2D eigenvalue weighted by atomic mass is 10.0. The highest BCUT2D eigenvalue weighted by Gasteiger charge is 2.17. The van der Waals surface area contributed by atoms with Gasteiger partial charge in [-0.1, -0.05) is 17.2 Å². The summed E-state index contributed by atoms with van der Waals surface area (Å²) >= 11 is 0. The third-order valence-electron chi connectivity index (χ3n) is 2.25. The molecule has 4 nitrogen and oxygen atoms in total. The van der Waals surface area contributed by atoms with Crippen LogP contribution in [0.5, 0.6) is 0 Å². The van der Waals surface area contributed by atoms with E-state index in [9.17, 15) is 4.79 Å². The Kier molecular flexibility index (Phi) is 2.48. The van der Waals surface area contributed by atoms with Crippen LogP contribution in [0, 0.1) is 13.8 Å². The fraction of sp³-hybridized carbons (Fsp3) is 0.167. The van der Waals surface area contributed by atoms with Crippen LogP contribution in [-0.4, -0.2) is 16.1 Å². The third-order valence-corrected chi connectivity index (χ3v) is 2.25. The molecule has 0 saturated heterocycles. The molecule has 0 radical (unpaired) electrons. The van der Waals surface area contributed by atoms with Crippen molar-refractivity contribution in [1.82, 2.24) is 4.98 Å². The van der Waals surface area contributed by atoms with Crippen molar-refractivity contribution in [2.24, 2.45) is 0 Å². The Morgan fingerprint density at radius 1 is 1.25 bits per heavy atom. The molecule has 0 aliphatic carbocycles. The van der Waals surface area contributed by atoms with Gasteiger partial charge >= 0.3 is 5.97 Å². The SMILES string of the molecule is Cc1cc(C)cc(-c2ocnc2C(=O)O)c1. The number of aromatic nitrogens is 1. The van der Waals surface area contributed by atoms with E-state index >= 15 is 0 Å². The Bertz CT molecular complexity index is 523. The molecule has 2 rings (SSSR count). The number of benzene rings is 1. The fourth-order valence-corrected chi connectivity index (χ4v) is 1.71. The normalized spacial score (nSPS) is 10.4. The highest BCUT2D eigenvalue weighted by molar-refractivity contribution is 5.92. The first kappa shape index (κ1) is 10.4. The van der Waals surface area contributed by atoms with Crippen LogP contribution in [0.4, 0.5) is 0 Å². The molecule has 2 aromatic rings. The number of carboxylic acids is 1. The summed E-state index contributed by atoms with van der Waals surface area (Å²) in [6.45, 7) is 3.90. The zero-order valence-electron chi connectivity index (χ0n) is 9.02. The third kappa shape index (κ3) is 1.82. The largest absolute Gasteiger partial charge is 0.476 e. The number of carboxylic acid groups (broad SMARTS) is 1. The molecule has 0 spiro atoms. The standard InChI is InChI=1S/C12H11NO3/c1-7-3-8(2)5-9(4-7)11-10(12(14)15)13-6-16-11/h3-6H,1-2H3,(H,14,15). The second-order valence-electron chi connectivity index (χ2n) is 3.71. The maximum absolute atomic E-state index is 10.9. The monoisotopic (exact) mass is 217 g/mol.